The Hall–Kier alpha value is -2.47. The number of carbonyl (C=O) groups excluding carboxylic acids is 1. The maximum Gasteiger partial charge on any atom is 0.255 e. The molecule has 2 heterocycles. The van der Waals surface area contributed by atoms with Crippen molar-refractivity contribution < 1.29 is 9.18 Å². The molecule has 120 valence electrons. The summed E-state index contributed by atoms with van der Waals surface area (Å²) in [7, 11) is 1.93. The highest BCUT2D eigenvalue weighted by molar-refractivity contribution is 5.94. The van der Waals surface area contributed by atoms with Gasteiger partial charge in [0.1, 0.15) is 5.82 Å². The van der Waals surface area contributed by atoms with Crippen molar-refractivity contribution in [3.05, 3.63) is 69.9 Å². The van der Waals surface area contributed by atoms with E-state index in [2.05, 4.69) is 9.88 Å². The van der Waals surface area contributed by atoms with Crippen LogP contribution in [0.25, 0.3) is 0 Å². The molecule has 0 spiro atoms. The number of H-pyrrole nitrogens is 1. The van der Waals surface area contributed by atoms with Crippen LogP contribution in [-0.2, 0) is 0 Å². The number of hydrogen-bond donors (Lipinski definition) is 1. The molecule has 0 aliphatic carbocycles. The number of nitrogens with one attached hydrogen (secondary N) is 1. The second-order valence-corrected chi connectivity index (χ2v) is 5.71. The predicted molar refractivity (Wildman–Crippen MR) is 84.7 cm³/mol. The number of amides is 1. The topological polar surface area (TPSA) is 56.4 Å². The molecule has 1 aromatic carbocycles. The smallest absolute Gasteiger partial charge is 0.255 e. The molecule has 0 saturated carbocycles. The van der Waals surface area contributed by atoms with Gasteiger partial charge in [0.05, 0.1) is 11.6 Å². The third-order valence-corrected chi connectivity index (χ3v) is 4.23. The van der Waals surface area contributed by atoms with Crippen molar-refractivity contribution >= 4 is 5.91 Å². The zero-order valence-corrected chi connectivity index (χ0v) is 12.8. The monoisotopic (exact) mass is 315 g/mol. The Morgan fingerprint density at radius 2 is 2.00 bits per heavy atom. The average molecular weight is 315 g/mol. The molecule has 5 nitrogen and oxygen atoms in total. The van der Waals surface area contributed by atoms with Gasteiger partial charge in [0, 0.05) is 37.5 Å². The number of benzene rings is 1. The predicted octanol–water partition coefficient (Wildman–Crippen LogP) is 1.64. The number of carbonyl (C=O) groups is 1. The normalized spacial score (nSPS) is 18.9. The lowest BCUT2D eigenvalue weighted by Gasteiger charge is -2.39. The molecular formula is C17H18FN3O2. The van der Waals surface area contributed by atoms with Gasteiger partial charge in [-0.3, -0.25) is 14.5 Å². The Morgan fingerprint density at radius 3 is 2.70 bits per heavy atom. The Balaban J connectivity index is 1.83. The minimum atomic E-state index is -0.261. The van der Waals surface area contributed by atoms with Crippen LogP contribution in [0.5, 0.6) is 0 Å². The number of nitrogens with zero attached hydrogens (tertiary/aromatic N) is 2. The van der Waals surface area contributed by atoms with E-state index in [9.17, 15) is 14.0 Å². The number of hydrogen-bond acceptors (Lipinski definition) is 3. The average Bonchev–Trinajstić information content (AvgIpc) is 2.56. The first-order valence-corrected chi connectivity index (χ1v) is 7.49. The van der Waals surface area contributed by atoms with Crippen LogP contribution >= 0.6 is 0 Å². The molecule has 1 fully saturated rings. The lowest BCUT2D eigenvalue weighted by atomic mass is 10.0. The second-order valence-electron chi connectivity index (χ2n) is 5.71. The van der Waals surface area contributed by atoms with Crippen molar-refractivity contribution in [3.8, 4) is 0 Å². The van der Waals surface area contributed by atoms with Crippen molar-refractivity contribution in [2.45, 2.75) is 6.04 Å². The number of likely N-dealkylation sites (N-methyl/N-ethyl adjacent to an activating group) is 1. The van der Waals surface area contributed by atoms with E-state index < -0.39 is 0 Å². The van der Waals surface area contributed by atoms with Gasteiger partial charge in [-0.15, -0.1) is 0 Å². The van der Waals surface area contributed by atoms with Gasteiger partial charge in [0.15, 0.2) is 0 Å². The lowest BCUT2D eigenvalue weighted by molar-refractivity contribution is 0.0540. The van der Waals surface area contributed by atoms with Gasteiger partial charge in [0.25, 0.3) is 5.91 Å². The Bertz CT molecular complexity index is 754. The molecule has 23 heavy (non-hydrogen) atoms. The Morgan fingerprint density at radius 1 is 1.22 bits per heavy atom. The largest absolute Gasteiger partial charge is 0.335 e. The molecule has 2 aromatic rings. The van der Waals surface area contributed by atoms with Gasteiger partial charge in [0.2, 0.25) is 5.56 Å². The highest BCUT2D eigenvalue weighted by atomic mass is 19.1. The number of piperazine rings is 1. The van der Waals surface area contributed by atoms with Gasteiger partial charge >= 0.3 is 0 Å². The third kappa shape index (κ3) is 3.17. The van der Waals surface area contributed by atoms with Crippen molar-refractivity contribution in [3.63, 3.8) is 0 Å². The molecule has 1 aliphatic rings. The van der Waals surface area contributed by atoms with E-state index in [1.54, 1.807) is 23.1 Å². The number of aromatic nitrogens is 1. The summed E-state index contributed by atoms with van der Waals surface area (Å²) >= 11 is 0. The third-order valence-electron chi connectivity index (χ3n) is 4.23. The highest BCUT2D eigenvalue weighted by Gasteiger charge is 2.30. The summed E-state index contributed by atoms with van der Waals surface area (Å²) in [6, 6.07) is 9.31. The van der Waals surface area contributed by atoms with E-state index in [4.69, 9.17) is 0 Å². The van der Waals surface area contributed by atoms with Crippen LogP contribution in [-0.4, -0.2) is 47.4 Å². The fourth-order valence-corrected chi connectivity index (χ4v) is 2.87. The molecular weight excluding hydrogens is 297 g/mol. The first kappa shape index (κ1) is 15.4. The molecule has 1 unspecified atom stereocenters. The van der Waals surface area contributed by atoms with Crippen LogP contribution in [0, 0.1) is 5.82 Å². The molecule has 6 heteroatoms. The summed E-state index contributed by atoms with van der Waals surface area (Å²) in [6.07, 6.45) is 1.42. The van der Waals surface area contributed by atoms with Gasteiger partial charge < -0.3 is 9.88 Å². The standard InChI is InChI=1S/C17H18FN3O2/c1-20-8-9-21(17(23)12-6-7-16(22)19-10-12)11-15(20)13-4-2-3-5-14(13)18/h2-7,10,15H,8-9,11H2,1H3,(H,19,22). The molecule has 0 radical (unpaired) electrons. The zero-order chi connectivity index (χ0) is 16.4. The molecule has 1 N–H and O–H groups in total. The van der Waals surface area contributed by atoms with E-state index in [1.165, 1.54) is 24.4 Å². The second kappa shape index (κ2) is 6.34. The van der Waals surface area contributed by atoms with E-state index in [1.807, 2.05) is 7.05 Å². The summed E-state index contributed by atoms with van der Waals surface area (Å²) in [5.74, 6) is -0.418. The number of pyridine rings is 1. The van der Waals surface area contributed by atoms with Crippen molar-refractivity contribution in [2.24, 2.45) is 0 Å². The first-order chi connectivity index (χ1) is 11.1. The quantitative estimate of drug-likeness (QED) is 0.917. The fraction of sp³-hybridized carbons (Fsp3) is 0.294. The number of aromatic amines is 1. The number of halogens is 1. The fourth-order valence-electron chi connectivity index (χ4n) is 2.87. The van der Waals surface area contributed by atoms with Crippen LogP contribution < -0.4 is 5.56 Å². The van der Waals surface area contributed by atoms with Crippen LogP contribution in [0.15, 0.2) is 47.4 Å². The summed E-state index contributed by atoms with van der Waals surface area (Å²) in [6.45, 7) is 1.64. The van der Waals surface area contributed by atoms with Crippen LogP contribution in [0.3, 0.4) is 0 Å². The minimum absolute atomic E-state index is 0.157. The maximum absolute atomic E-state index is 14.1. The summed E-state index contributed by atoms with van der Waals surface area (Å²) < 4.78 is 14.1. The van der Waals surface area contributed by atoms with Gasteiger partial charge in [-0.1, -0.05) is 18.2 Å². The molecule has 1 amide bonds. The molecule has 0 bridgehead atoms. The highest BCUT2D eigenvalue weighted by Crippen LogP contribution is 2.26. The van der Waals surface area contributed by atoms with E-state index in [-0.39, 0.29) is 23.3 Å². The zero-order valence-electron chi connectivity index (χ0n) is 12.8. The van der Waals surface area contributed by atoms with Gasteiger partial charge in [-0.25, -0.2) is 4.39 Å². The molecule has 3 rings (SSSR count). The minimum Gasteiger partial charge on any atom is -0.335 e. The Kier molecular flexibility index (Phi) is 4.25. The molecule has 1 saturated heterocycles. The summed E-state index contributed by atoms with van der Waals surface area (Å²) in [4.78, 5) is 29.9. The molecule has 1 aliphatic heterocycles. The molecule has 1 aromatic heterocycles. The number of rotatable bonds is 2. The van der Waals surface area contributed by atoms with Crippen molar-refractivity contribution in [2.75, 3.05) is 26.7 Å². The van der Waals surface area contributed by atoms with Crippen LogP contribution in [0.2, 0.25) is 0 Å². The molecule has 1 atom stereocenters. The summed E-state index contributed by atoms with van der Waals surface area (Å²) in [5, 5.41) is 0. The van der Waals surface area contributed by atoms with E-state index in [0.29, 0.717) is 30.8 Å². The van der Waals surface area contributed by atoms with E-state index >= 15 is 0 Å². The van der Waals surface area contributed by atoms with Gasteiger partial charge in [-0.05, 0) is 19.2 Å². The van der Waals surface area contributed by atoms with Crippen LogP contribution in [0.1, 0.15) is 22.0 Å². The first-order valence-electron chi connectivity index (χ1n) is 7.49. The Labute approximate surface area is 133 Å². The van der Waals surface area contributed by atoms with Gasteiger partial charge in [-0.2, -0.15) is 0 Å². The van der Waals surface area contributed by atoms with Crippen LogP contribution in [0.4, 0.5) is 4.39 Å². The van der Waals surface area contributed by atoms with Crippen molar-refractivity contribution in [1.29, 1.82) is 0 Å². The lowest BCUT2D eigenvalue weighted by Crippen LogP contribution is -2.49. The SMILES string of the molecule is CN1CCN(C(=O)c2ccc(=O)[nH]c2)CC1c1ccccc1F. The van der Waals surface area contributed by atoms with Crippen molar-refractivity contribution in [1.82, 2.24) is 14.8 Å². The summed E-state index contributed by atoms with van der Waals surface area (Å²) in [5.41, 5.74) is 0.777. The van der Waals surface area contributed by atoms with E-state index in [0.717, 1.165) is 0 Å². The maximum atomic E-state index is 14.1.